The Hall–Kier alpha value is -2.05. The van der Waals surface area contributed by atoms with Gasteiger partial charge in [0.05, 0.1) is 15.5 Å². The monoisotopic (exact) mass is 392 g/mol. The molecule has 3 rings (SSSR count). The van der Waals surface area contributed by atoms with E-state index in [4.69, 9.17) is 11.6 Å². The molecule has 1 N–H and O–H groups in total. The van der Waals surface area contributed by atoms with Crippen molar-refractivity contribution in [2.45, 2.75) is 24.7 Å². The molecule has 1 fully saturated rings. The summed E-state index contributed by atoms with van der Waals surface area (Å²) >= 11 is 6.21. The van der Waals surface area contributed by atoms with Gasteiger partial charge in [-0.3, -0.25) is 9.52 Å². The summed E-state index contributed by atoms with van der Waals surface area (Å²) in [5.74, 6) is 0.286. The normalized spacial score (nSPS) is 17.8. The predicted octanol–water partition coefficient (Wildman–Crippen LogP) is 4.01. The van der Waals surface area contributed by atoms with Crippen molar-refractivity contribution < 1.29 is 13.2 Å². The minimum Gasteiger partial charge on any atom is -0.338 e. The highest BCUT2D eigenvalue weighted by Crippen LogP contribution is 2.26. The van der Waals surface area contributed by atoms with E-state index >= 15 is 0 Å². The van der Waals surface area contributed by atoms with Crippen LogP contribution in [0.2, 0.25) is 5.02 Å². The van der Waals surface area contributed by atoms with Crippen LogP contribution in [0.25, 0.3) is 0 Å². The minimum atomic E-state index is -3.72. The van der Waals surface area contributed by atoms with Crippen LogP contribution in [0.4, 0.5) is 5.69 Å². The van der Waals surface area contributed by atoms with Gasteiger partial charge in [-0.1, -0.05) is 36.7 Å². The lowest BCUT2D eigenvalue weighted by Gasteiger charge is -2.31. The van der Waals surface area contributed by atoms with Crippen molar-refractivity contribution in [2.24, 2.45) is 5.92 Å². The molecule has 1 amide bonds. The molecule has 0 bridgehead atoms. The first-order valence-corrected chi connectivity index (χ1v) is 10.4. The minimum absolute atomic E-state index is 0.160. The molecule has 0 aliphatic carbocycles. The number of carbonyl (C=O) groups is 1. The van der Waals surface area contributed by atoms with Crippen LogP contribution in [0.3, 0.4) is 0 Å². The maximum Gasteiger partial charge on any atom is 0.261 e. The van der Waals surface area contributed by atoms with Gasteiger partial charge >= 0.3 is 0 Å². The highest BCUT2D eigenvalue weighted by Gasteiger charge is 2.24. The second-order valence-corrected chi connectivity index (χ2v) is 8.70. The fraction of sp³-hybridized carbons (Fsp3) is 0.316. The van der Waals surface area contributed by atoms with E-state index in [0.717, 1.165) is 12.8 Å². The van der Waals surface area contributed by atoms with E-state index < -0.39 is 10.0 Å². The summed E-state index contributed by atoms with van der Waals surface area (Å²) in [6.45, 7) is 3.50. The SMILES string of the molecule is C[C@H]1CCCN(C(=O)c2cc(NS(=O)(=O)c3ccccc3)ccc2Cl)C1. The number of anilines is 1. The lowest BCUT2D eigenvalue weighted by Crippen LogP contribution is -2.39. The average Bonchev–Trinajstić information content (AvgIpc) is 2.63. The van der Waals surface area contributed by atoms with E-state index in [9.17, 15) is 13.2 Å². The van der Waals surface area contributed by atoms with Crippen LogP contribution in [0.1, 0.15) is 30.1 Å². The van der Waals surface area contributed by atoms with Crippen LogP contribution in [-0.4, -0.2) is 32.3 Å². The predicted molar refractivity (Wildman–Crippen MR) is 103 cm³/mol. The standard InChI is InChI=1S/C19H21ClN2O3S/c1-14-6-5-11-22(13-14)19(23)17-12-15(9-10-18(17)20)21-26(24,25)16-7-3-2-4-8-16/h2-4,7-10,12,14,21H,5-6,11,13H2,1H3/t14-/m0/s1. The van der Waals surface area contributed by atoms with E-state index in [1.54, 1.807) is 35.2 Å². The van der Waals surface area contributed by atoms with Crippen molar-refractivity contribution in [3.8, 4) is 0 Å². The van der Waals surface area contributed by atoms with Crippen molar-refractivity contribution in [3.63, 3.8) is 0 Å². The average molecular weight is 393 g/mol. The van der Waals surface area contributed by atoms with E-state index in [-0.39, 0.29) is 10.8 Å². The van der Waals surface area contributed by atoms with E-state index in [1.165, 1.54) is 18.2 Å². The molecule has 2 aromatic carbocycles. The number of piperidine rings is 1. The second-order valence-electron chi connectivity index (χ2n) is 6.61. The van der Waals surface area contributed by atoms with Gasteiger partial charge in [0, 0.05) is 18.8 Å². The summed E-state index contributed by atoms with van der Waals surface area (Å²) in [7, 11) is -3.72. The Balaban J connectivity index is 1.85. The topological polar surface area (TPSA) is 66.5 Å². The molecule has 0 saturated carbocycles. The van der Waals surface area contributed by atoms with Crippen molar-refractivity contribution in [1.29, 1.82) is 0 Å². The Bertz CT molecular complexity index is 900. The van der Waals surface area contributed by atoms with Crippen LogP contribution < -0.4 is 4.72 Å². The molecule has 138 valence electrons. The Kier molecular flexibility index (Phi) is 5.53. The molecule has 0 aromatic heterocycles. The number of halogens is 1. The number of nitrogens with zero attached hydrogens (tertiary/aromatic N) is 1. The molecule has 26 heavy (non-hydrogen) atoms. The molecular formula is C19H21ClN2O3S. The van der Waals surface area contributed by atoms with Gasteiger partial charge in [-0.2, -0.15) is 0 Å². The fourth-order valence-electron chi connectivity index (χ4n) is 3.11. The van der Waals surface area contributed by atoms with E-state index in [2.05, 4.69) is 11.6 Å². The van der Waals surface area contributed by atoms with E-state index in [1.807, 2.05) is 0 Å². The number of rotatable bonds is 4. The zero-order chi connectivity index (χ0) is 18.7. The highest BCUT2D eigenvalue weighted by molar-refractivity contribution is 7.92. The fourth-order valence-corrected chi connectivity index (χ4v) is 4.38. The summed E-state index contributed by atoms with van der Waals surface area (Å²) in [4.78, 5) is 14.8. The number of nitrogens with one attached hydrogen (secondary N) is 1. The van der Waals surface area contributed by atoms with Gasteiger partial charge in [-0.25, -0.2) is 8.42 Å². The molecular weight excluding hydrogens is 372 g/mol. The summed E-state index contributed by atoms with van der Waals surface area (Å²) in [5, 5.41) is 0.316. The van der Waals surface area contributed by atoms with Crippen LogP contribution in [0.15, 0.2) is 53.4 Å². The second kappa shape index (κ2) is 7.68. The first-order valence-electron chi connectivity index (χ1n) is 8.53. The Labute approximate surface area is 159 Å². The van der Waals surface area contributed by atoms with Gasteiger partial charge in [0.2, 0.25) is 0 Å². The largest absolute Gasteiger partial charge is 0.338 e. The Morgan fingerprint density at radius 2 is 1.92 bits per heavy atom. The number of carbonyl (C=O) groups excluding carboxylic acids is 1. The summed E-state index contributed by atoms with van der Waals surface area (Å²) < 4.78 is 27.5. The van der Waals surface area contributed by atoms with Crippen molar-refractivity contribution in [3.05, 3.63) is 59.1 Å². The first-order chi connectivity index (χ1) is 12.4. The lowest BCUT2D eigenvalue weighted by atomic mass is 9.99. The maximum absolute atomic E-state index is 12.8. The van der Waals surface area contributed by atoms with Crippen LogP contribution in [0, 0.1) is 5.92 Å². The molecule has 0 spiro atoms. The molecule has 0 radical (unpaired) electrons. The number of hydrogen-bond acceptors (Lipinski definition) is 3. The third kappa shape index (κ3) is 4.19. The maximum atomic E-state index is 12.8. The number of benzene rings is 2. The van der Waals surface area contributed by atoms with Gasteiger partial charge in [-0.15, -0.1) is 0 Å². The van der Waals surface area contributed by atoms with Crippen LogP contribution in [0.5, 0.6) is 0 Å². The van der Waals surface area contributed by atoms with E-state index in [0.29, 0.717) is 35.3 Å². The van der Waals surface area contributed by atoms with Crippen LogP contribution >= 0.6 is 11.6 Å². The molecule has 7 heteroatoms. The smallest absolute Gasteiger partial charge is 0.261 e. The molecule has 1 atom stereocenters. The zero-order valence-electron chi connectivity index (χ0n) is 14.5. The Morgan fingerprint density at radius 3 is 2.62 bits per heavy atom. The van der Waals surface area contributed by atoms with Gasteiger partial charge < -0.3 is 4.90 Å². The summed E-state index contributed by atoms with van der Waals surface area (Å²) in [5.41, 5.74) is 0.626. The highest BCUT2D eigenvalue weighted by atomic mass is 35.5. The molecule has 2 aromatic rings. The number of hydrogen-bond donors (Lipinski definition) is 1. The van der Waals surface area contributed by atoms with Gasteiger partial charge in [0.1, 0.15) is 0 Å². The van der Waals surface area contributed by atoms with Crippen LogP contribution in [-0.2, 0) is 10.0 Å². The molecule has 0 unspecified atom stereocenters. The number of amides is 1. The van der Waals surface area contributed by atoms with Crippen molar-refractivity contribution in [2.75, 3.05) is 17.8 Å². The first kappa shape index (κ1) is 18.7. The third-order valence-electron chi connectivity index (χ3n) is 4.45. The van der Waals surface area contributed by atoms with Gasteiger partial charge in [-0.05, 0) is 49.1 Å². The molecule has 5 nitrogen and oxygen atoms in total. The lowest BCUT2D eigenvalue weighted by molar-refractivity contribution is 0.0683. The Morgan fingerprint density at radius 1 is 1.19 bits per heavy atom. The number of likely N-dealkylation sites (tertiary alicyclic amines) is 1. The third-order valence-corrected chi connectivity index (χ3v) is 6.17. The number of sulfonamides is 1. The van der Waals surface area contributed by atoms with Gasteiger partial charge in [0.15, 0.2) is 0 Å². The van der Waals surface area contributed by atoms with Gasteiger partial charge in [0.25, 0.3) is 15.9 Å². The zero-order valence-corrected chi connectivity index (χ0v) is 16.1. The van der Waals surface area contributed by atoms with Crippen molar-refractivity contribution >= 4 is 33.2 Å². The summed E-state index contributed by atoms with van der Waals surface area (Å²) in [6, 6.07) is 12.7. The van der Waals surface area contributed by atoms with Crippen molar-refractivity contribution in [1.82, 2.24) is 4.90 Å². The molecule has 1 aliphatic heterocycles. The molecule has 1 aliphatic rings. The summed E-state index contributed by atoms with van der Waals surface area (Å²) in [6.07, 6.45) is 2.07. The molecule has 1 heterocycles. The molecule has 1 saturated heterocycles. The quantitative estimate of drug-likeness (QED) is 0.854.